The monoisotopic (exact) mass is 396 g/mol. The van der Waals surface area contributed by atoms with Crippen molar-refractivity contribution in [2.75, 3.05) is 6.54 Å². The number of carbonyl (C=O) groups is 3. The van der Waals surface area contributed by atoms with Crippen LogP contribution in [0.25, 0.3) is 0 Å². The number of nitrogens with one attached hydrogen (secondary N) is 1. The highest BCUT2D eigenvalue weighted by atomic mass is 19.1. The molecule has 4 aliphatic rings. The van der Waals surface area contributed by atoms with Crippen molar-refractivity contribution in [1.82, 2.24) is 10.2 Å². The van der Waals surface area contributed by atoms with Crippen molar-refractivity contribution < 1.29 is 18.8 Å². The molecule has 5 atom stereocenters. The van der Waals surface area contributed by atoms with E-state index in [4.69, 9.17) is 0 Å². The second-order valence-corrected chi connectivity index (χ2v) is 8.90. The quantitative estimate of drug-likeness (QED) is 0.615. The van der Waals surface area contributed by atoms with E-state index in [0.717, 1.165) is 42.6 Å². The van der Waals surface area contributed by atoms with E-state index in [2.05, 4.69) is 5.32 Å². The molecule has 0 aromatic heterocycles. The maximum absolute atomic E-state index is 13.4. The molecule has 6 heteroatoms. The molecule has 29 heavy (non-hydrogen) atoms. The fourth-order valence-electron chi connectivity index (χ4n) is 5.92. The van der Waals surface area contributed by atoms with Crippen LogP contribution in [0.3, 0.4) is 0 Å². The Morgan fingerprint density at radius 3 is 2.21 bits per heavy atom. The van der Waals surface area contributed by atoms with Gasteiger partial charge < -0.3 is 5.32 Å². The summed E-state index contributed by atoms with van der Waals surface area (Å²) in [5.74, 6) is -1.05. The van der Waals surface area contributed by atoms with Crippen molar-refractivity contribution >= 4 is 17.7 Å². The molecule has 152 valence electrons. The van der Waals surface area contributed by atoms with Crippen LogP contribution in [0.4, 0.5) is 4.39 Å². The highest BCUT2D eigenvalue weighted by molar-refractivity contribution is 6.08. The normalized spacial score (nSPS) is 31.6. The number of benzene rings is 1. The molecule has 3 amide bonds. The average Bonchev–Trinajstić information content (AvgIpc) is 3.49. The van der Waals surface area contributed by atoms with Crippen LogP contribution in [0.1, 0.15) is 43.7 Å². The van der Waals surface area contributed by atoms with Crippen LogP contribution in [0.5, 0.6) is 0 Å². The van der Waals surface area contributed by atoms with E-state index in [1.54, 1.807) is 12.1 Å². The summed E-state index contributed by atoms with van der Waals surface area (Å²) in [6, 6.07) is 5.99. The van der Waals surface area contributed by atoms with E-state index in [1.807, 2.05) is 12.2 Å². The lowest BCUT2D eigenvalue weighted by atomic mass is 9.85. The first-order valence-corrected chi connectivity index (χ1v) is 10.6. The third-order valence-corrected chi connectivity index (χ3v) is 7.28. The molecule has 3 fully saturated rings. The number of likely N-dealkylation sites (tertiary alicyclic amines) is 1. The van der Waals surface area contributed by atoms with Crippen molar-refractivity contribution in [2.45, 2.75) is 38.1 Å². The summed E-state index contributed by atoms with van der Waals surface area (Å²) in [4.78, 5) is 39.7. The number of halogens is 1. The average molecular weight is 396 g/mol. The Bertz CT molecular complexity index is 845. The van der Waals surface area contributed by atoms with E-state index in [9.17, 15) is 18.8 Å². The number of amides is 3. The molecule has 1 aliphatic heterocycles. The molecule has 2 saturated carbocycles. The predicted octanol–water partition coefficient (Wildman–Crippen LogP) is 2.98. The minimum absolute atomic E-state index is 0.139. The third kappa shape index (κ3) is 3.09. The van der Waals surface area contributed by atoms with Gasteiger partial charge in [-0.2, -0.15) is 0 Å². The number of allylic oxidation sites excluding steroid dienone is 2. The number of fused-ring (bicyclic) bond motifs is 5. The smallest absolute Gasteiger partial charge is 0.240 e. The molecule has 5 nitrogen and oxygen atoms in total. The van der Waals surface area contributed by atoms with E-state index < -0.39 is 0 Å². The first kappa shape index (κ1) is 18.5. The number of imide groups is 1. The third-order valence-electron chi connectivity index (χ3n) is 7.28. The molecular weight excluding hydrogens is 371 g/mol. The Morgan fingerprint density at radius 2 is 1.62 bits per heavy atom. The lowest BCUT2D eigenvalue weighted by molar-refractivity contribution is -0.144. The zero-order valence-corrected chi connectivity index (χ0v) is 16.2. The van der Waals surface area contributed by atoms with Gasteiger partial charge in [0, 0.05) is 0 Å². The van der Waals surface area contributed by atoms with Gasteiger partial charge in [-0.25, -0.2) is 4.39 Å². The molecule has 0 spiro atoms. The summed E-state index contributed by atoms with van der Waals surface area (Å²) >= 11 is 0. The number of carbonyl (C=O) groups excluding carboxylic acids is 3. The highest BCUT2D eigenvalue weighted by Crippen LogP contribution is 2.52. The van der Waals surface area contributed by atoms with Gasteiger partial charge in [0.05, 0.1) is 17.9 Å². The van der Waals surface area contributed by atoms with Crippen LogP contribution in [-0.2, 0) is 14.4 Å². The van der Waals surface area contributed by atoms with E-state index >= 15 is 0 Å². The van der Waals surface area contributed by atoms with Gasteiger partial charge in [0.2, 0.25) is 17.7 Å². The minimum Gasteiger partial charge on any atom is -0.347 e. The Labute approximate surface area is 169 Å². The molecule has 0 unspecified atom stereocenters. The molecular formula is C23H25FN2O3. The summed E-state index contributed by atoms with van der Waals surface area (Å²) in [7, 11) is 0. The first-order chi connectivity index (χ1) is 14.0. The molecule has 2 bridgehead atoms. The van der Waals surface area contributed by atoms with Gasteiger partial charge in [0.25, 0.3) is 0 Å². The predicted molar refractivity (Wildman–Crippen MR) is 104 cm³/mol. The summed E-state index contributed by atoms with van der Waals surface area (Å²) in [6.45, 7) is -0.228. The number of nitrogens with zero attached hydrogens (tertiary/aromatic N) is 1. The van der Waals surface area contributed by atoms with Crippen molar-refractivity contribution in [3.63, 3.8) is 0 Å². The van der Waals surface area contributed by atoms with Crippen LogP contribution in [0, 0.1) is 35.4 Å². The van der Waals surface area contributed by atoms with Crippen LogP contribution in [-0.4, -0.2) is 29.2 Å². The summed E-state index contributed by atoms with van der Waals surface area (Å²) < 4.78 is 13.4. The fourth-order valence-corrected chi connectivity index (χ4v) is 5.92. The van der Waals surface area contributed by atoms with Crippen LogP contribution < -0.4 is 5.32 Å². The highest BCUT2D eigenvalue weighted by Gasteiger charge is 2.59. The molecule has 3 aliphatic carbocycles. The molecule has 1 N–H and O–H groups in total. The molecule has 1 aromatic carbocycles. The Hall–Kier alpha value is -2.50. The van der Waals surface area contributed by atoms with Crippen molar-refractivity contribution in [3.05, 3.63) is 47.8 Å². The maximum atomic E-state index is 13.4. The van der Waals surface area contributed by atoms with Gasteiger partial charge in [-0.15, -0.1) is 0 Å². The van der Waals surface area contributed by atoms with Crippen LogP contribution in [0.15, 0.2) is 36.4 Å². The summed E-state index contributed by atoms with van der Waals surface area (Å²) in [5.41, 5.74) is 0.866. The van der Waals surface area contributed by atoms with Gasteiger partial charge in [-0.3, -0.25) is 19.3 Å². The van der Waals surface area contributed by atoms with E-state index in [1.165, 1.54) is 12.1 Å². The van der Waals surface area contributed by atoms with E-state index in [-0.39, 0.29) is 65.7 Å². The van der Waals surface area contributed by atoms with Gasteiger partial charge in [-0.1, -0.05) is 37.1 Å². The van der Waals surface area contributed by atoms with Gasteiger partial charge in [0.15, 0.2) is 0 Å². The zero-order valence-electron chi connectivity index (χ0n) is 16.2. The second kappa shape index (κ2) is 7.08. The lowest BCUT2D eigenvalue weighted by Gasteiger charge is -2.26. The maximum Gasteiger partial charge on any atom is 0.240 e. The first-order valence-electron chi connectivity index (χ1n) is 10.6. The summed E-state index contributed by atoms with van der Waals surface area (Å²) in [5, 5.41) is 3.04. The molecule has 1 saturated heterocycles. The van der Waals surface area contributed by atoms with Gasteiger partial charge >= 0.3 is 0 Å². The summed E-state index contributed by atoms with van der Waals surface area (Å²) in [6.07, 6.45) is 9.20. The topological polar surface area (TPSA) is 66.5 Å². The number of hydrogen-bond acceptors (Lipinski definition) is 3. The van der Waals surface area contributed by atoms with Gasteiger partial charge in [0.1, 0.15) is 12.4 Å². The van der Waals surface area contributed by atoms with Crippen LogP contribution in [0.2, 0.25) is 0 Å². The Kier molecular flexibility index (Phi) is 4.52. The number of hydrogen-bond donors (Lipinski definition) is 1. The standard InChI is InChI=1S/C23H25FN2O3/c24-17-9-7-14(8-10-17)21(13-3-1-2-4-13)25-18(27)12-26-22(28)19-15-5-6-16(11-15)20(19)23(26)29/h5-10,13,15-16,19-21H,1-4,11-12H2,(H,25,27)/t15-,16-,19+,20+,21+/m0/s1. The SMILES string of the molecule is O=C(CN1C(=O)[C@H]2[C@H](C1=O)[C@H]1C=C[C@H]2C1)N[C@@H](c1ccc(F)cc1)C1CCCC1. The molecule has 1 heterocycles. The minimum atomic E-state index is -0.326. The Morgan fingerprint density at radius 1 is 1.03 bits per heavy atom. The lowest BCUT2D eigenvalue weighted by Crippen LogP contribution is -2.43. The van der Waals surface area contributed by atoms with Crippen molar-refractivity contribution in [1.29, 1.82) is 0 Å². The Balaban J connectivity index is 1.30. The van der Waals surface area contributed by atoms with Crippen LogP contribution >= 0.6 is 0 Å². The molecule has 1 aromatic rings. The van der Waals surface area contributed by atoms with Gasteiger partial charge in [-0.05, 0) is 54.7 Å². The number of rotatable bonds is 5. The van der Waals surface area contributed by atoms with Crippen molar-refractivity contribution in [2.24, 2.45) is 29.6 Å². The molecule has 5 rings (SSSR count). The second-order valence-electron chi connectivity index (χ2n) is 8.90. The zero-order chi connectivity index (χ0) is 20.1. The molecule has 0 radical (unpaired) electrons. The van der Waals surface area contributed by atoms with Crippen molar-refractivity contribution in [3.8, 4) is 0 Å². The van der Waals surface area contributed by atoms with E-state index in [0.29, 0.717) is 0 Å². The fraction of sp³-hybridized carbons (Fsp3) is 0.522. The largest absolute Gasteiger partial charge is 0.347 e.